The average molecular weight is 298 g/mol. The standard InChI is InChI=1S/C16H18N4O2/c1-11-4-6-13(7-5-11)19-15(21)10-20(3)16(22)14-9-17-12(2)8-18-14/h4-9H,10H2,1-3H3,(H,19,21). The van der Waals surface area contributed by atoms with Crippen LogP contribution in [0.25, 0.3) is 0 Å². The van der Waals surface area contributed by atoms with Crippen LogP contribution in [0.15, 0.2) is 36.7 Å². The quantitative estimate of drug-likeness (QED) is 0.934. The van der Waals surface area contributed by atoms with E-state index in [0.29, 0.717) is 5.69 Å². The fourth-order valence-electron chi connectivity index (χ4n) is 1.82. The molecule has 0 fully saturated rings. The molecule has 0 aliphatic rings. The molecule has 1 aromatic heterocycles. The highest BCUT2D eigenvalue weighted by molar-refractivity contribution is 5.98. The first-order chi connectivity index (χ1) is 10.5. The van der Waals surface area contributed by atoms with E-state index in [0.717, 1.165) is 11.3 Å². The van der Waals surface area contributed by atoms with Gasteiger partial charge in [0.15, 0.2) is 0 Å². The summed E-state index contributed by atoms with van der Waals surface area (Å²) in [5.41, 5.74) is 2.77. The number of rotatable bonds is 4. The number of carbonyl (C=O) groups excluding carboxylic acids is 2. The molecule has 1 aromatic carbocycles. The molecule has 2 rings (SSSR count). The second kappa shape index (κ2) is 6.80. The molecule has 114 valence electrons. The highest BCUT2D eigenvalue weighted by Gasteiger charge is 2.16. The van der Waals surface area contributed by atoms with Gasteiger partial charge in [-0.3, -0.25) is 14.6 Å². The van der Waals surface area contributed by atoms with Gasteiger partial charge in [-0.15, -0.1) is 0 Å². The minimum Gasteiger partial charge on any atom is -0.331 e. The molecule has 0 bridgehead atoms. The van der Waals surface area contributed by atoms with Crippen LogP contribution in [0.2, 0.25) is 0 Å². The van der Waals surface area contributed by atoms with Gasteiger partial charge in [-0.05, 0) is 26.0 Å². The summed E-state index contributed by atoms with van der Waals surface area (Å²) < 4.78 is 0. The fourth-order valence-corrected chi connectivity index (χ4v) is 1.82. The molecule has 0 radical (unpaired) electrons. The number of hydrogen-bond donors (Lipinski definition) is 1. The van der Waals surface area contributed by atoms with Crippen molar-refractivity contribution in [1.29, 1.82) is 0 Å². The number of nitrogens with zero attached hydrogens (tertiary/aromatic N) is 3. The Morgan fingerprint density at radius 3 is 2.36 bits per heavy atom. The largest absolute Gasteiger partial charge is 0.331 e. The molecule has 6 heteroatoms. The molecule has 0 aliphatic carbocycles. The summed E-state index contributed by atoms with van der Waals surface area (Å²) in [5, 5.41) is 2.75. The van der Waals surface area contributed by atoms with Gasteiger partial charge in [0.25, 0.3) is 5.91 Å². The zero-order chi connectivity index (χ0) is 16.1. The lowest BCUT2D eigenvalue weighted by Gasteiger charge is -2.16. The maximum absolute atomic E-state index is 12.1. The van der Waals surface area contributed by atoms with Crippen molar-refractivity contribution in [2.75, 3.05) is 18.9 Å². The summed E-state index contributed by atoms with van der Waals surface area (Å²) in [5.74, 6) is -0.605. The van der Waals surface area contributed by atoms with Crippen molar-refractivity contribution < 1.29 is 9.59 Å². The first-order valence-electron chi connectivity index (χ1n) is 6.86. The van der Waals surface area contributed by atoms with Crippen molar-refractivity contribution in [2.45, 2.75) is 13.8 Å². The van der Waals surface area contributed by atoms with Gasteiger partial charge < -0.3 is 10.2 Å². The molecule has 0 spiro atoms. The number of aryl methyl sites for hydroxylation is 2. The summed E-state index contributed by atoms with van der Waals surface area (Å²) in [6, 6.07) is 7.46. The summed E-state index contributed by atoms with van der Waals surface area (Å²) in [6.45, 7) is 3.71. The van der Waals surface area contributed by atoms with Crippen LogP contribution in [0.1, 0.15) is 21.7 Å². The molecule has 1 N–H and O–H groups in total. The van der Waals surface area contributed by atoms with Crippen molar-refractivity contribution in [3.8, 4) is 0 Å². The van der Waals surface area contributed by atoms with E-state index in [-0.39, 0.29) is 24.1 Å². The van der Waals surface area contributed by atoms with E-state index in [1.807, 2.05) is 31.2 Å². The van der Waals surface area contributed by atoms with E-state index in [4.69, 9.17) is 0 Å². The van der Waals surface area contributed by atoms with Crippen LogP contribution in [0, 0.1) is 13.8 Å². The summed E-state index contributed by atoms with van der Waals surface area (Å²) in [6.07, 6.45) is 2.93. The average Bonchev–Trinajstić information content (AvgIpc) is 2.49. The van der Waals surface area contributed by atoms with E-state index in [9.17, 15) is 9.59 Å². The Hall–Kier alpha value is -2.76. The monoisotopic (exact) mass is 298 g/mol. The van der Waals surface area contributed by atoms with E-state index >= 15 is 0 Å². The van der Waals surface area contributed by atoms with Crippen molar-refractivity contribution in [3.63, 3.8) is 0 Å². The highest BCUT2D eigenvalue weighted by atomic mass is 16.2. The fraction of sp³-hybridized carbons (Fsp3) is 0.250. The predicted molar refractivity (Wildman–Crippen MR) is 83.5 cm³/mol. The van der Waals surface area contributed by atoms with Gasteiger partial charge >= 0.3 is 0 Å². The van der Waals surface area contributed by atoms with Crippen LogP contribution in [-0.2, 0) is 4.79 Å². The zero-order valence-corrected chi connectivity index (χ0v) is 12.8. The van der Waals surface area contributed by atoms with E-state index in [1.54, 1.807) is 14.0 Å². The molecule has 2 aromatic rings. The molecular weight excluding hydrogens is 280 g/mol. The lowest BCUT2D eigenvalue weighted by Crippen LogP contribution is -2.35. The minimum absolute atomic E-state index is 0.0533. The molecule has 0 aliphatic heterocycles. The highest BCUT2D eigenvalue weighted by Crippen LogP contribution is 2.08. The number of carbonyl (C=O) groups is 2. The molecule has 0 saturated carbocycles. The smallest absolute Gasteiger partial charge is 0.274 e. The number of benzene rings is 1. The molecule has 0 saturated heterocycles. The zero-order valence-electron chi connectivity index (χ0n) is 12.8. The molecule has 1 heterocycles. The van der Waals surface area contributed by atoms with Crippen molar-refractivity contribution in [1.82, 2.24) is 14.9 Å². The Morgan fingerprint density at radius 2 is 1.77 bits per heavy atom. The van der Waals surface area contributed by atoms with Crippen molar-refractivity contribution in [3.05, 3.63) is 53.6 Å². The molecule has 0 atom stereocenters. The van der Waals surface area contributed by atoms with E-state index in [1.165, 1.54) is 17.3 Å². The SMILES string of the molecule is Cc1ccc(NC(=O)CN(C)C(=O)c2cnc(C)cn2)cc1. The first kappa shape index (κ1) is 15.6. The number of aromatic nitrogens is 2. The van der Waals surface area contributed by atoms with Crippen molar-refractivity contribution >= 4 is 17.5 Å². The third-order valence-corrected chi connectivity index (χ3v) is 3.06. The maximum Gasteiger partial charge on any atom is 0.274 e. The lowest BCUT2D eigenvalue weighted by molar-refractivity contribution is -0.116. The first-order valence-corrected chi connectivity index (χ1v) is 6.86. The molecule has 2 amide bonds. The summed E-state index contributed by atoms with van der Waals surface area (Å²) in [7, 11) is 1.55. The van der Waals surface area contributed by atoms with E-state index in [2.05, 4.69) is 15.3 Å². The van der Waals surface area contributed by atoms with Gasteiger partial charge in [-0.2, -0.15) is 0 Å². The Morgan fingerprint density at radius 1 is 1.09 bits per heavy atom. The number of anilines is 1. The second-order valence-electron chi connectivity index (χ2n) is 5.12. The van der Waals surface area contributed by atoms with Crippen LogP contribution in [0.4, 0.5) is 5.69 Å². The lowest BCUT2D eigenvalue weighted by atomic mass is 10.2. The van der Waals surface area contributed by atoms with Gasteiger partial charge in [-0.25, -0.2) is 4.98 Å². The summed E-state index contributed by atoms with van der Waals surface area (Å²) in [4.78, 5) is 33.4. The van der Waals surface area contributed by atoms with Crippen LogP contribution >= 0.6 is 0 Å². The minimum atomic E-state index is -0.341. The van der Waals surface area contributed by atoms with Crippen LogP contribution in [0.3, 0.4) is 0 Å². The number of amides is 2. The maximum atomic E-state index is 12.1. The molecule has 22 heavy (non-hydrogen) atoms. The van der Waals surface area contributed by atoms with Crippen LogP contribution in [0.5, 0.6) is 0 Å². The normalized spacial score (nSPS) is 10.1. The Kier molecular flexibility index (Phi) is 4.83. The van der Waals surface area contributed by atoms with Crippen LogP contribution in [-0.4, -0.2) is 40.3 Å². The number of likely N-dealkylation sites (N-methyl/N-ethyl adjacent to an activating group) is 1. The number of hydrogen-bond acceptors (Lipinski definition) is 4. The van der Waals surface area contributed by atoms with Crippen LogP contribution < -0.4 is 5.32 Å². The molecule has 6 nitrogen and oxygen atoms in total. The molecule has 0 unspecified atom stereocenters. The third-order valence-electron chi connectivity index (χ3n) is 3.06. The topological polar surface area (TPSA) is 75.2 Å². The van der Waals surface area contributed by atoms with Gasteiger partial charge in [-0.1, -0.05) is 17.7 Å². The van der Waals surface area contributed by atoms with Gasteiger partial charge in [0.2, 0.25) is 5.91 Å². The molecular formula is C16H18N4O2. The van der Waals surface area contributed by atoms with Crippen molar-refractivity contribution in [2.24, 2.45) is 0 Å². The van der Waals surface area contributed by atoms with Gasteiger partial charge in [0.1, 0.15) is 5.69 Å². The Labute approximate surface area is 129 Å². The predicted octanol–water partition coefficient (Wildman–Crippen LogP) is 1.80. The third kappa shape index (κ3) is 4.12. The number of nitrogens with one attached hydrogen (secondary N) is 1. The van der Waals surface area contributed by atoms with E-state index < -0.39 is 0 Å². The Balaban J connectivity index is 1.94. The summed E-state index contributed by atoms with van der Waals surface area (Å²) >= 11 is 0. The Bertz CT molecular complexity index is 666. The van der Waals surface area contributed by atoms with Gasteiger partial charge in [0.05, 0.1) is 18.4 Å². The van der Waals surface area contributed by atoms with Gasteiger partial charge in [0, 0.05) is 18.9 Å². The second-order valence-corrected chi connectivity index (χ2v) is 5.12.